The predicted molar refractivity (Wildman–Crippen MR) is 113 cm³/mol. The van der Waals surface area contributed by atoms with E-state index in [1.807, 2.05) is 6.92 Å². The molecule has 0 spiro atoms. The Balaban J connectivity index is 1.84. The summed E-state index contributed by atoms with van der Waals surface area (Å²) in [6, 6.07) is 2.61. The number of fused-ring (bicyclic) bond motifs is 1. The molecule has 0 aliphatic heterocycles. The number of nitrogens with zero attached hydrogens (tertiary/aromatic N) is 4. The second kappa shape index (κ2) is 9.90. The molecule has 2 amide bonds. The lowest BCUT2D eigenvalue weighted by Gasteiger charge is -2.18. The van der Waals surface area contributed by atoms with Gasteiger partial charge in [0.1, 0.15) is 5.02 Å². The molecular formula is C18H20Cl2N6O4. The Morgan fingerprint density at radius 1 is 1.17 bits per heavy atom. The van der Waals surface area contributed by atoms with Crippen LogP contribution in [-0.4, -0.2) is 53.0 Å². The van der Waals surface area contributed by atoms with Crippen molar-refractivity contribution in [1.29, 1.82) is 0 Å². The molecule has 0 saturated carbocycles. The number of hydrogen-bond acceptors (Lipinski definition) is 7. The molecule has 160 valence electrons. The van der Waals surface area contributed by atoms with Crippen molar-refractivity contribution in [1.82, 2.24) is 19.6 Å². The Bertz CT molecular complexity index is 1040. The molecular weight excluding hydrogens is 435 g/mol. The number of rotatable bonds is 8. The van der Waals surface area contributed by atoms with E-state index in [0.717, 1.165) is 0 Å². The topological polar surface area (TPSA) is 112 Å². The van der Waals surface area contributed by atoms with Crippen molar-refractivity contribution in [2.45, 2.75) is 13.0 Å². The van der Waals surface area contributed by atoms with Gasteiger partial charge in [-0.15, -0.1) is 0 Å². The van der Waals surface area contributed by atoms with E-state index in [1.54, 1.807) is 13.2 Å². The number of amides is 2. The maximum Gasteiger partial charge on any atom is 0.323 e. The summed E-state index contributed by atoms with van der Waals surface area (Å²) in [5.41, 5.74) is 1.89. The monoisotopic (exact) mass is 454 g/mol. The summed E-state index contributed by atoms with van der Waals surface area (Å²) in [5, 5.41) is 10.2. The molecule has 0 aliphatic carbocycles. The molecule has 0 unspecified atom stereocenters. The van der Waals surface area contributed by atoms with Crippen LogP contribution in [0, 0.1) is 0 Å². The predicted octanol–water partition coefficient (Wildman–Crippen LogP) is 3.81. The number of carbonyl (C=O) groups is 1. The lowest BCUT2D eigenvalue weighted by molar-refractivity contribution is 0.0230. The Morgan fingerprint density at radius 2 is 1.97 bits per heavy atom. The first kappa shape index (κ1) is 22.0. The highest BCUT2D eigenvalue weighted by Gasteiger charge is 2.20. The van der Waals surface area contributed by atoms with Gasteiger partial charge in [0.05, 0.1) is 55.9 Å². The van der Waals surface area contributed by atoms with Gasteiger partial charge in [0.15, 0.2) is 10.8 Å². The normalized spacial score (nSPS) is 12.0. The summed E-state index contributed by atoms with van der Waals surface area (Å²) < 4.78 is 17.4. The molecule has 0 saturated heterocycles. The number of nitrogens with one attached hydrogen (secondary N) is 2. The molecule has 0 aromatic carbocycles. The van der Waals surface area contributed by atoms with Crippen LogP contribution in [0.3, 0.4) is 0 Å². The maximum atomic E-state index is 12.6. The third kappa shape index (κ3) is 5.08. The van der Waals surface area contributed by atoms with Gasteiger partial charge >= 0.3 is 6.03 Å². The van der Waals surface area contributed by atoms with Gasteiger partial charge in [-0.25, -0.2) is 19.3 Å². The number of pyridine rings is 1. The minimum absolute atomic E-state index is 0.261. The van der Waals surface area contributed by atoms with Crippen molar-refractivity contribution < 1.29 is 19.0 Å². The molecule has 0 aliphatic rings. The zero-order valence-electron chi connectivity index (χ0n) is 16.5. The third-order valence-electron chi connectivity index (χ3n) is 4.04. The van der Waals surface area contributed by atoms with Crippen LogP contribution in [-0.2, 0) is 9.47 Å². The fourth-order valence-electron chi connectivity index (χ4n) is 2.73. The molecule has 3 aromatic heterocycles. The quantitative estimate of drug-likeness (QED) is 0.497. The Hall–Kier alpha value is -2.66. The van der Waals surface area contributed by atoms with Crippen LogP contribution in [0.4, 0.5) is 16.2 Å². The number of anilines is 2. The van der Waals surface area contributed by atoms with Gasteiger partial charge in [0.2, 0.25) is 5.88 Å². The molecule has 3 aromatic rings. The zero-order valence-corrected chi connectivity index (χ0v) is 18.0. The molecule has 2 N–H and O–H groups in total. The molecule has 3 heterocycles. The average Bonchev–Trinajstić information content (AvgIpc) is 3.08. The van der Waals surface area contributed by atoms with E-state index in [0.29, 0.717) is 35.9 Å². The SMILES string of the molecule is COCCO[C@@H](C)c1c(NC(=O)Nc2cnc(OC)c(Cl)c2)cnc2cc(Cl)nn12. The maximum absolute atomic E-state index is 12.6. The largest absolute Gasteiger partial charge is 0.480 e. The fraction of sp³-hybridized carbons (Fsp3) is 0.333. The number of aromatic nitrogens is 4. The summed E-state index contributed by atoms with van der Waals surface area (Å²) in [7, 11) is 3.04. The lowest BCUT2D eigenvalue weighted by Crippen LogP contribution is -2.22. The second-order valence-corrected chi connectivity index (χ2v) is 6.89. The minimum Gasteiger partial charge on any atom is -0.480 e. The van der Waals surface area contributed by atoms with Crippen molar-refractivity contribution in [3.8, 4) is 5.88 Å². The van der Waals surface area contributed by atoms with E-state index in [-0.39, 0.29) is 16.1 Å². The van der Waals surface area contributed by atoms with E-state index in [9.17, 15) is 4.79 Å². The molecule has 0 radical (unpaired) electrons. The standard InChI is InChI=1S/C18H20Cl2N6O4/c1-10(30-5-4-28-2)16-13(9-21-15-7-14(20)25-26(15)16)24-18(27)23-11-6-12(19)17(29-3)22-8-11/h6-10H,4-5H2,1-3H3,(H2,23,24,27)/t10-/m0/s1. The van der Waals surface area contributed by atoms with Gasteiger partial charge in [-0.05, 0) is 13.0 Å². The molecule has 12 heteroatoms. The Kier molecular flexibility index (Phi) is 7.27. The molecule has 1 atom stereocenters. The van der Waals surface area contributed by atoms with E-state index < -0.39 is 12.1 Å². The van der Waals surface area contributed by atoms with Gasteiger partial charge in [-0.1, -0.05) is 23.2 Å². The van der Waals surface area contributed by atoms with Gasteiger partial charge < -0.3 is 24.8 Å². The first-order valence-electron chi connectivity index (χ1n) is 8.85. The molecule has 3 rings (SSSR count). The van der Waals surface area contributed by atoms with E-state index in [1.165, 1.54) is 30.1 Å². The van der Waals surface area contributed by atoms with E-state index >= 15 is 0 Å². The van der Waals surface area contributed by atoms with E-state index in [2.05, 4.69) is 25.7 Å². The van der Waals surface area contributed by atoms with Crippen LogP contribution in [0.5, 0.6) is 5.88 Å². The lowest BCUT2D eigenvalue weighted by atomic mass is 10.2. The van der Waals surface area contributed by atoms with Gasteiger partial charge in [0.25, 0.3) is 0 Å². The number of urea groups is 1. The third-order valence-corrected chi connectivity index (χ3v) is 4.49. The smallest absolute Gasteiger partial charge is 0.323 e. The van der Waals surface area contributed by atoms with Crippen LogP contribution < -0.4 is 15.4 Å². The Morgan fingerprint density at radius 3 is 2.67 bits per heavy atom. The highest BCUT2D eigenvalue weighted by atomic mass is 35.5. The number of hydrogen-bond donors (Lipinski definition) is 2. The average molecular weight is 455 g/mol. The number of ether oxygens (including phenoxy) is 3. The number of methoxy groups -OCH3 is 2. The molecule has 30 heavy (non-hydrogen) atoms. The number of carbonyl (C=O) groups excluding carboxylic acids is 1. The van der Waals surface area contributed by atoms with Crippen molar-refractivity contribution >= 4 is 46.3 Å². The molecule has 0 bridgehead atoms. The summed E-state index contributed by atoms with van der Waals surface area (Å²) in [4.78, 5) is 20.9. The van der Waals surface area contributed by atoms with Crippen LogP contribution in [0.15, 0.2) is 24.5 Å². The van der Waals surface area contributed by atoms with Crippen molar-refractivity contribution in [2.75, 3.05) is 38.1 Å². The van der Waals surface area contributed by atoms with Crippen LogP contribution >= 0.6 is 23.2 Å². The number of halogens is 2. The van der Waals surface area contributed by atoms with Crippen LogP contribution in [0.25, 0.3) is 5.65 Å². The van der Waals surface area contributed by atoms with E-state index in [4.69, 9.17) is 37.4 Å². The van der Waals surface area contributed by atoms with Crippen molar-refractivity contribution in [3.63, 3.8) is 0 Å². The summed E-state index contributed by atoms with van der Waals surface area (Å²) in [5.74, 6) is 0.261. The molecule has 10 nitrogen and oxygen atoms in total. The summed E-state index contributed by atoms with van der Waals surface area (Å²) in [6.07, 6.45) is 2.50. The van der Waals surface area contributed by atoms with Gasteiger partial charge in [-0.3, -0.25) is 0 Å². The van der Waals surface area contributed by atoms with Gasteiger partial charge in [-0.2, -0.15) is 5.10 Å². The highest BCUT2D eigenvalue weighted by molar-refractivity contribution is 6.32. The van der Waals surface area contributed by atoms with Crippen molar-refractivity contribution in [3.05, 3.63) is 40.4 Å². The first-order valence-corrected chi connectivity index (χ1v) is 9.60. The summed E-state index contributed by atoms with van der Waals surface area (Å²) >= 11 is 12.1. The van der Waals surface area contributed by atoms with Crippen LogP contribution in [0.1, 0.15) is 18.7 Å². The summed E-state index contributed by atoms with van der Waals surface area (Å²) in [6.45, 7) is 2.61. The minimum atomic E-state index is -0.525. The van der Waals surface area contributed by atoms with Crippen molar-refractivity contribution in [2.24, 2.45) is 0 Å². The second-order valence-electron chi connectivity index (χ2n) is 6.09. The first-order chi connectivity index (χ1) is 14.4. The Labute approximate surface area is 182 Å². The van der Waals surface area contributed by atoms with Crippen LogP contribution in [0.2, 0.25) is 10.2 Å². The fourth-order valence-corrected chi connectivity index (χ4v) is 3.14. The van der Waals surface area contributed by atoms with Gasteiger partial charge in [0, 0.05) is 13.2 Å². The zero-order chi connectivity index (χ0) is 21.7. The highest BCUT2D eigenvalue weighted by Crippen LogP contribution is 2.28. The molecule has 0 fully saturated rings.